The standard InChI is InChI=1S/C18H24FN5.HI/c1-20-18(21-9-12-24-10-2-8-22-24)23-11-7-16(14-23)13-15-3-5-17(19)6-4-15;/h2-6,8,10,16H,7,9,11-14H2,1H3,(H,20,21);1H. The zero-order chi connectivity index (χ0) is 16.8. The van der Waals surface area contributed by atoms with Crippen LogP contribution in [0.15, 0.2) is 47.7 Å². The minimum Gasteiger partial charge on any atom is -0.354 e. The van der Waals surface area contributed by atoms with E-state index in [1.54, 1.807) is 6.20 Å². The van der Waals surface area contributed by atoms with Crippen molar-refractivity contribution < 1.29 is 4.39 Å². The number of aliphatic imine (C=N–C) groups is 1. The third-order valence-electron chi connectivity index (χ3n) is 4.42. The van der Waals surface area contributed by atoms with Crippen LogP contribution < -0.4 is 5.32 Å². The monoisotopic (exact) mass is 457 g/mol. The van der Waals surface area contributed by atoms with Crippen LogP contribution in [0, 0.1) is 11.7 Å². The zero-order valence-corrected chi connectivity index (χ0v) is 16.8. The Labute approximate surface area is 165 Å². The summed E-state index contributed by atoms with van der Waals surface area (Å²) < 4.78 is 14.9. The predicted molar refractivity (Wildman–Crippen MR) is 109 cm³/mol. The van der Waals surface area contributed by atoms with E-state index in [1.165, 1.54) is 17.7 Å². The van der Waals surface area contributed by atoms with Gasteiger partial charge >= 0.3 is 0 Å². The third-order valence-corrected chi connectivity index (χ3v) is 4.42. The number of benzene rings is 1. The number of hydrogen-bond donors (Lipinski definition) is 1. The molecule has 0 radical (unpaired) electrons. The van der Waals surface area contributed by atoms with E-state index in [0.717, 1.165) is 45.0 Å². The van der Waals surface area contributed by atoms with Gasteiger partial charge in [-0.15, -0.1) is 24.0 Å². The first-order chi connectivity index (χ1) is 11.7. The minimum absolute atomic E-state index is 0. The van der Waals surface area contributed by atoms with Crippen molar-refractivity contribution in [2.75, 3.05) is 26.7 Å². The van der Waals surface area contributed by atoms with Gasteiger partial charge in [-0.3, -0.25) is 9.67 Å². The lowest BCUT2D eigenvalue weighted by Crippen LogP contribution is -2.41. The molecule has 1 aliphatic rings. The first kappa shape index (κ1) is 19.7. The molecule has 0 saturated carbocycles. The number of hydrogen-bond acceptors (Lipinski definition) is 2. The van der Waals surface area contributed by atoms with Crippen LogP contribution in [0.1, 0.15) is 12.0 Å². The minimum atomic E-state index is -0.173. The molecule has 5 nitrogen and oxygen atoms in total. The van der Waals surface area contributed by atoms with E-state index < -0.39 is 0 Å². The number of nitrogens with one attached hydrogen (secondary N) is 1. The van der Waals surface area contributed by atoms with E-state index in [-0.39, 0.29) is 29.8 Å². The summed E-state index contributed by atoms with van der Waals surface area (Å²) in [6.45, 7) is 3.61. The van der Waals surface area contributed by atoms with Gasteiger partial charge in [0.1, 0.15) is 5.82 Å². The van der Waals surface area contributed by atoms with Crippen molar-refractivity contribution in [2.45, 2.75) is 19.4 Å². The van der Waals surface area contributed by atoms with Gasteiger partial charge in [-0.1, -0.05) is 12.1 Å². The average Bonchev–Trinajstić information content (AvgIpc) is 3.26. The van der Waals surface area contributed by atoms with Crippen molar-refractivity contribution in [1.29, 1.82) is 0 Å². The van der Waals surface area contributed by atoms with Crippen LogP contribution in [-0.2, 0) is 13.0 Å². The molecule has 0 spiro atoms. The topological polar surface area (TPSA) is 45.5 Å². The Morgan fingerprint density at radius 2 is 2.16 bits per heavy atom. The Balaban J connectivity index is 0.00000225. The molecule has 1 fully saturated rings. The van der Waals surface area contributed by atoms with E-state index in [1.807, 2.05) is 36.1 Å². The van der Waals surface area contributed by atoms with Crippen LogP contribution in [0.2, 0.25) is 0 Å². The van der Waals surface area contributed by atoms with Crippen molar-refractivity contribution in [3.8, 4) is 0 Å². The molecule has 1 saturated heterocycles. The molecule has 136 valence electrons. The molecule has 2 aromatic rings. The molecule has 3 rings (SSSR count). The van der Waals surface area contributed by atoms with Crippen LogP contribution in [0.3, 0.4) is 0 Å². The Morgan fingerprint density at radius 1 is 1.36 bits per heavy atom. The van der Waals surface area contributed by atoms with Crippen molar-refractivity contribution in [1.82, 2.24) is 20.0 Å². The fourth-order valence-electron chi connectivity index (χ4n) is 3.19. The van der Waals surface area contributed by atoms with Crippen LogP contribution in [0.4, 0.5) is 4.39 Å². The third kappa shape index (κ3) is 5.69. The fourth-order valence-corrected chi connectivity index (χ4v) is 3.19. The number of halogens is 2. The first-order valence-corrected chi connectivity index (χ1v) is 8.42. The summed E-state index contributed by atoms with van der Waals surface area (Å²) in [5.41, 5.74) is 1.20. The van der Waals surface area contributed by atoms with E-state index in [9.17, 15) is 4.39 Å². The molecule has 0 aliphatic carbocycles. The van der Waals surface area contributed by atoms with Crippen LogP contribution >= 0.6 is 24.0 Å². The highest BCUT2D eigenvalue weighted by Gasteiger charge is 2.24. The zero-order valence-electron chi connectivity index (χ0n) is 14.4. The largest absolute Gasteiger partial charge is 0.354 e. The van der Waals surface area contributed by atoms with Gasteiger partial charge < -0.3 is 10.2 Å². The molecular weight excluding hydrogens is 432 g/mol. The Bertz CT molecular complexity index is 657. The van der Waals surface area contributed by atoms with Crippen LogP contribution in [0.5, 0.6) is 0 Å². The second-order valence-corrected chi connectivity index (χ2v) is 6.17. The highest BCUT2D eigenvalue weighted by molar-refractivity contribution is 14.0. The van der Waals surface area contributed by atoms with Crippen molar-refractivity contribution >= 4 is 29.9 Å². The number of likely N-dealkylation sites (tertiary alicyclic amines) is 1. The summed E-state index contributed by atoms with van der Waals surface area (Å²) in [6.07, 6.45) is 5.87. The summed E-state index contributed by atoms with van der Waals surface area (Å²) >= 11 is 0. The number of rotatable bonds is 5. The maximum atomic E-state index is 13.0. The number of nitrogens with zero attached hydrogens (tertiary/aromatic N) is 4. The number of guanidine groups is 1. The maximum Gasteiger partial charge on any atom is 0.193 e. The van der Waals surface area contributed by atoms with Gasteiger partial charge in [-0.25, -0.2) is 4.39 Å². The maximum absolute atomic E-state index is 13.0. The average molecular weight is 457 g/mol. The van der Waals surface area contributed by atoms with Gasteiger partial charge in [0, 0.05) is 39.1 Å². The van der Waals surface area contributed by atoms with Crippen LogP contribution in [0.25, 0.3) is 0 Å². The van der Waals surface area contributed by atoms with Gasteiger partial charge in [0.05, 0.1) is 6.54 Å². The summed E-state index contributed by atoms with van der Waals surface area (Å²) in [7, 11) is 1.82. The molecule has 0 bridgehead atoms. The predicted octanol–water partition coefficient (Wildman–Crippen LogP) is 2.78. The van der Waals surface area contributed by atoms with Gasteiger partial charge in [0.15, 0.2) is 5.96 Å². The van der Waals surface area contributed by atoms with Gasteiger partial charge in [-0.05, 0) is 42.5 Å². The van der Waals surface area contributed by atoms with E-state index in [4.69, 9.17) is 0 Å². The highest BCUT2D eigenvalue weighted by Crippen LogP contribution is 2.21. The summed E-state index contributed by atoms with van der Waals surface area (Å²) in [4.78, 5) is 6.70. The lowest BCUT2D eigenvalue weighted by molar-refractivity contribution is 0.455. The van der Waals surface area contributed by atoms with Crippen molar-refractivity contribution in [3.05, 3.63) is 54.1 Å². The molecule has 1 aromatic heterocycles. The van der Waals surface area contributed by atoms with Crippen molar-refractivity contribution in [3.63, 3.8) is 0 Å². The van der Waals surface area contributed by atoms with E-state index >= 15 is 0 Å². The van der Waals surface area contributed by atoms with E-state index in [0.29, 0.717) is 5.92 Å². The lowest BCUT2D eigenvalue weighted by Gasteiger charge is -2.21. The molecule has 25 heavy (non-hydrogen) atoms. The molecule has 2 heterocycles. The fraction of sp³-hybridized carbons (Fsp3) is 0.444. The molecule has 1 atom stereocenters. The molecule has 1 unspecified atom stereocenters. The molecule has 1 aliphatic heterocycles. The van der Waals surface area contributed by atoms with E-state index in [2.05, 4.69) is 20.3 Å². The molecular formula is C18H25FIN5. The summed E-state index contributed by atoms with van der Waals surface area (Å²) in [5, 5.41) is 7.61. The quantitative estimate of drug-likeness (QED) is 0.427. The second kappa shape index (κ2) is 9.74. The lowest BCUT2D eigenvalue weighted by atomic mass is 9.99. The normalized spacial score (nSPS) is 17.4. The van der Waals surface area contributed by atoms with Gasteiger partial charge in [0.2, 0.25) is 0 Å². The molecule has 1 N–H and O–H groups in total. The van der Waals surface area contributed by atoms with Crippen LogP contribution in [-0.4, -0.2) is 47.3 Å². The molecule has 7 heteroatoms. The Kier molecular flexibility index (Phi) is 7.67. The highest BCUT2D eigenvalue weighted by atomic mass is 127. The second-order valence-electron chi connectivity index (χ2n) is 6.17. The SMILES string of the molecule is CN=C(NCCn1cccn1)N1CCC(Cc2ccc(F)cc2)C1.I. The Hall–Kier alpha value is -1.64. The smallest absolute Gasteiger partial charge is 0.193 e. The number of aromatic nitrogens is 2. The Morgan fingerprint density at radius 3 is 2.84 bits per heavy atom. The summed E-state index contributed by atoms with van der Waals surface area (Å²) in [5.74, 6) is 1.36. The van der Waals surface area contributed by atoms with Gasteiger partial charge in [0.25, 0.3) is 0 Å². The molecule has 0 amide bonds. The van der Waals surface area contributed by atoms with Gasteiger partial charge in [-0.2, -0.15) is 5.10 Å². The first-order valence-electron chi connectivity index (χ1n) is 8.42. The summed E-state index contributed by atoms with van der Waals surface area (Å²) in [6, 6.07) is 8.77. The van der Waals surface area contributed by atoms with Crippen molar-refractivity contribution in [2.24, 2.45) is 10.9 Å². The molecule has 1 aromatic carbocycles.